The van der Waals surface area contributed by atoms with Crippen LogP contribution in [0.1, 0.15) is 45.8 Å². The SMILES string of the molecule is O=C(c1n[nH]c2c1C=CC(c1ccccc1)(c1cscn1)C2)C1CC1. The number of hydrogen-bond donors (Lipinski definition) is 1. The lowest BCUT2D eigenvalue weighted by atomic mass is 9.71. The molecule has 5 heteroatoms. The van der Waals surface area contributed by atoms with Gasteiger partial charge in [-0.2, -0.15) is 5.10 Å². The van der Waals surface area contributed by atoms with Crippen molar-refractivity contribution in [1.82, 2.24) is 15.2 Å². The summed E-state index contributed by atoms with van der Waals surface area (Å²) in [5, 5.41) is 9.59. The molecule has 1 saturated carbocycles. The standard InChI is InChI=1S/C20H17N3OS/c24-19(13-6-7-13)18-15-8-9-20(10-16(15)22-23-18,17-11-25-12-21-17)14-4-2-1-3-5-14/h1-5,8-9,11-13H,6-7,10H2,(H,22,23). The maximum atomic E-state index is 12.5. The average Bonchev–Trinajstić information content (AvgIpc) is 3.19. The zero-order valence-electron chi connectivity index (χ0n) is 13.6. The Bertz CT molecular complexity index is 954. The number of allylic oxidation sites excluding steroid dienone is 1. The second kappa shape index (κ2) is 5.49. The molecule has 0 saturated heterocycles. The minimum atomic E-state index is -0.319. The summed E-state index contributed by atoms with van der Waals surface area (Å²) in [6.07, 6.45) is 6.98. The number of nitrogens with one attached hydrogen (secondary N) is 1. The molecule has 124 valence electrons. The fourth-order valence-corrected chi connectivity index (χ4v) is 4.32. The maximum absolute atomic E-state index is 12.5. The van der Waals surface area contributed by atoms with Crippen molar-refractivity contribution in [3.63, 3.8) is 0 Å². The molecule has 2 heterocycles. The summed E-state index contributed by atoms with van der Waals surface area (Å²) in [4.78, 5) is 17.1. The number of ketones is 1. The number of aromatic amines is 1. The Labute approximate surface area is 149 Å². The van der Waals surface area contributed by atoms with Crippen LogP contribution < -0.4 is 0 Å². The van der Waals surface area contributed by atoms with Gasteiger partial charge in [-0.05, 0) is 18.4 Å². The molecular formula is C20H17N3OS. The number of hydrogen-bond acceptors (Lipinski definition) is 4. The molecule has 1 N–H and O–H groups in total. The van der Waals surface area contributed by atoms with Gasteiger partial charge in [-0.1, -0.05) is 42.5 Å². The Hall–Kier alpha value is -2.53. The number of carbonyl (C=O) groups is 1. The van der Waals surface area contributed by atoms with Crippen molar-refractivity contribution in [2.45, 2.75) is 24.7 Å². The van der Waals surface area contributed by atoms with E-state index in [2.05, 4.69) is 57.0 Å². The second-order valence-electron chi connectivity index (χ2n) is 6.82. The molecule has 4 nitrogen and oxygen atoms in total. The van der Waals surface area contributed by atoms with Crippen LogP contribution in [0.4, 0.5) is 0 Å². The van der Waals surface area contributed by atoms with Crippen molar-refractivity contribution in [1.29, 1.82) is 0 Å². The highest BCUT2D eigenvalue weighted by atomic mass is 32.1. The van der Waals surface area contributed by atoms with E-state index in [-0.39, 0.29) is 17.1 Å². The Kier molecular flexibility index (Phi) is 3.25. The summed E-state index contributed by atoms with van der Waals surface area (Å²) in [6, 6.07) is 10.4. The van der Waals surface area contributed by atoms with E-state index in [9.17, 15) is 4.79 Å². The van der Waals surface area contributed by atoms with Crippen LogP contribution in [0.2, 0.25) is 0 Å². The molecule has 0 bridgehead atoms. The predicted octanol–water partition coefficient (Wildman–Crippen LogP) is 4.01. The molecule has 0 radical (unpaired) electrons. The number of Topliss-reactive ketones (excluding diaryl/α,β-unsaturated/α-hetero) is 1. The van der Waals surface area contributed by atoms with Crippen LogP contribution in [0.3, 0.4) is 0 Å². The number of thiazole rings is 1. The first kappa shape index (κ1) is 14.8. The first-order valence-electron chi connectivity index (χ1n) is 8.53. The summed E-state index contributed by atoms with van der Waals surface area (Å²) in [7, 11) is 0. The van der Waals surface area contributed by atoms with Crippen molar-refractivity contribution in [2.75, 3.05) is 0 Å². The van der Waals surface area contributed by atoms with Gasteiger partial charge in [0.15, 0.2) is 5.78 Å². The van der Waals surface area contributed by atoms with Gasteiger partial charge < -0.3 is 0 Å². The van der Waals surface area contributed by atoms with Crippen LogP contribution in [0.15, 0.2) is 47.3 Å². The van der Waals surface area contributed by atoms with Crippen molar-refractivity contribution >= 4 is 23.2 Å². The molecule has 5 rings (SSSR count). The summed E-state index contributed by atoms with van der Waals surface area (Å²) in [5.74, 6) is 0.364. The van der Waals surface area contributed by atoms with Gasteiger partial charge in [0.25, 0.3) is 0 Å². The Balaban J connectivity index is 1.62. The van der Waals surface area contributed by atoms with Crippen molar-refractivity contribution in [3.05, 3.63) is 75.5 Å². The van der Waals surface area contributed by atoms with Crippen LogP contribution in [0.25, 0.3) is 6.08 Å². The monoisotopic (exact) mass is 347 g/mol. The Morgan fingerprint density at radius 1 is 1.24 bits per heavy atom. The van der Waals surface area contributed by atoms with Gasteiger partial charge in [0.2, 0.25) is 0 Å². The highest BCUT2D eigenvalue weighted by molar-refractivity contribution is 7.07. The van der Waals surface area contributed by atoms with Gasteiger partial charge >= 0.3 is 0 Å². The average molecular weight is 347 g/mol. The Morgan fingerprint density at radius 3 is 2.80 bits per heavy atom. The second-order valence-corrected chi connectivity index (χ2v) is 7.54. The maximum Gasteiger partial charge on any atom is 0.186 e. The third kappa shape index (κ3) is 2.30. The zero-order valence-corrected chi connectivity index (χ0v) is 14.4. The molecule has 0 amide bonds. The Morgan fingerprint density at radius 2 is 2.08 bits per heavy atom. The number of benzene rings is 1. The van der Waals surface area contributed by atoms with Gasteiger partial charge in [-0.3, -0.25) is 9.89 Å². The largest absolute Gasteiger partial charge is 0.292 e. The highest BCUT2D eigenvalue weighted by Gasteiger charge is 2.40. The fourth-order valence-electron chi connectivity index (χ4n) is 3.68. The van der Waals surface area contributed by atoms with E-state index in [0.717, 1.165) is 36.2 Å². The van der Waals surface area contributed by atoms with Gasteiger partial charge in [-0.25, -0.2) is 4.98 Å². The summed E-state index contributed by atoms with van der Waals surface area (Å²) in [5.41, 5.74) is 6.37. The third-order valence-electron chi connectivity index (χ3n) is 5.23. The van der Waals surface area contributed by atoms with E-state index >= 15 is 0 Å². The molecule has 1 aromatic carbocycles. The molecule has 2 aliphatic carbocycles. The van der Waals surface area contributed by atoms with Crippen LogP contribution in [0, 0.1) is 5.92 Å². The van der Waals surface area contributed by atoms with Gasteiger partial charge in [0, 0.05) is 29.0 Å². The fraction of sp³-hybridized carbons (Fsp3) is 0.250. The molecule has 2 aliphatic rings. The zero-order chi connectivity index (χ0) is 16.9. The lowest BCUT2D eigenvalue weighted by Gasteiger charge is -2.32. The molecule has 25 heavy (non-hydrogen) atoms. The van der Waals surface area contributed by atoms with Crippen molar-refractivity contribution < 1.29 is 4.79 Å². The lowest BCUT2D eigenvalue weighted by molar-refractivity contribution is 0.0962. The molecule has 3 aromatic rings. The van der Waals surface area contributed by atoms with Crippen LogP contribution in [-0.4, -0.2) is 21.0 Å². The molecule has 2 aromatic heterocycles. The van der Waals surface area contributed by atoms with E-state index in [1.165, 1.54) is 5.56 Å². The summed E-state index contributed by atoms with van der Waals surface area (Å²) < 4.78 is 0. The molecule has 1 atom stereocenters. The molecule has 0 spiro atoms. The number of carbonyl (C=O) groups excluding carboxylic acids is 1. The summed E-state index contributed by atoms with van der Waals surface area (Å²) in [6.45, 7) is 0. The third-order valence-corrected chi connectivity index (χ3v) is 5.82. The van der Waals surface area contributed by atoms with E-state index in [0.29, 0.717) is 5.69 Å². The van der Waals surface area contributed by atoms with Crippen LogP contribution >= 0.6 is 11.3 Å². The number of rotatable bonds is 4. The van der Waals surface area contributed by atoms with E-state index in [4.69, 9.17) is 0 Å². The molecule has 1 fully saturated rings. The van der Waals surface area contributed by atoms with Crippen molar-refractivity contribution in [3.8, 4) is 0 Å². The number of nitrogens with zero attached hydrogens (tertiary/aromatic N) is 2. The minimum Gasteiger partial charge on any atom is -0.292 e. The van der Waals surface area contributed by atoms with Gasteiger partial charge in [0.1, 0.15) is 5.69 Å². The van der Waals surface area contributed by atoms with Crippen molar-refractivity contribution in [2.24, 2.45) is 5.92 Å². The number of aromatic nitrogens is 3. The van der Waals surface area contributed by atoms with Gasteiger partial charge in [0.05, 0.1) is 16.6 Å². The normalized spacial score (nSPS) is 21.9. The summed E-state index contributed by atoms with van der Waals surface area (Å²) >= 11 is 1.61. The first-order chi connectivity index (χ1) is 12.3. The predicted molar refractivity (Wildman–Crippen MR) is 97.7 cm³/mol. The topological polar surface area (TPSA) is 58.6 Å². The minimum absolute atomic E-state index is 0.181. The number of H-pyrrole nitrogens is 1. The van der Waals surface area contributed by atoms with E-state index < -0.39 is 0 Å². The lowest BCUT2D eigenvalue weighted by Crippen LogP contribution is -2.31. The smallest absolute Gasteiger partial charge is 0.186 e. The highest BCUT2D eigenvalue weighted by Crippen LogP contribution is 2.42. The molecule has 0 aliphatic heterocycles. The van der Waals surface area contributed by atoms with Crippen LogP contribution in [-0.2, 0) is 11.8 Å². The van der Waals surface area contributed by atoms with Crippen LogP contribution in [0.5, 0.6) is 0 Å². The van der Waals surface area contributed by atoms with E-state index in [1.807, 2.05) is 11.6 Å². The first-order valence-corrected chi connectivity index (χ1v) is 9.47. The number of fused-ring (bicyclic) bond motifs is 1. The molecule has 1 unspecified atom stereocenters. The van der Waals surface area contributed by atoms with Gasteiger partial charge in [-0.15, -0.1) is 11.3 Å². The quantitative estimate of drug-likeness (QED) is 0.725. The molecular weight excluding hydrogens is 330 g/mol. The van der Waals surface area contributed by atoms with E-state index in [1.54, 1.807) is 11.3 Å².